The lowest BCUT2D eigenvalue weighted by atomic mass is 9.92. The molecule has 2 rings (SSSR count). The summed E-state index contributed by atoms with van der Waals surface area (Å²) in [6.45, 7) is 4.44. The minimum atomic E-state index is -0.649. The summed E-state index contributed by atoms with van der Waals surface area (Å²) in [5.41, 5.74) is 8.52. The Kier molecular flexibility index (Phi) is 8.08. The van der Waals surface area contributed by atoms with E-state index in [1.54, 1.807) is 6.07 Å². The predicted molar refractivity (Wildman–Crippen MR) is 104 cm³/mol. The van der Waals surface area contributed by atoms with Crippen molar-refractivity contribution in [1.82, 2.24) is 5.32 Å². The molecule has 0 fully saturated rings. The molecule has 25 heavy (non-hydrogen) atoms. The normalized spacial score (nSPS) is 13.4. The molecule has 2 atom stereocenters. The maximum atomic E-state index is 10.4. The number of aliphatic hydroxyl groups is 1. The minimum Gasteiger partial charge on any atom is -0.390 e. The fourth-order valence-electron chi connectivity index (χ4n) is 2.61. The van der Waals surface area contributed by atoms with Gasteiger partial charge in [-0.1, -0.05) is 42.5 Å². The average Bonchev–Trinajstić information content (AvgIpc) is 2.60. The molecule has 0 unspecified atom stereocenters. The van der Waals surface area contributed by atoms with Crippen LogP contribution in [0.4, 0.5) is 0 Å². The molecule has 2 aromatic carbocycles. The molecular weight excluding hydrogens is 334 g/mol. The summed E-state index contributed by atoms with van der Waals surface area (Å²) in [4.78, 5) is 0. The Morgan fingerprint density at radius 2 is 1.84 bits per heavy atom. The zero-order chi connectivity index (χ0) is 17.6. The van der Waals surface area contributed by atoms with Crippen molar-refractivity contribution in [3.63, 3.8) is 0 Å². The third-order valence-electron chi connectivity index (χ3n) is 4.27. The number of nitrogens with zero attached hydrogens (tertiary/aromatic N) is 1. The van der Waals surface area contributed by atoms with Gasteiger partial charge in [0.15, 0.2) is 0 Å². The second-order valence-electron chi connectivity index (χ2n) is 6.62. The summed E-state index contributed by atoms with van der Waals surface area (Å²) >= 11 is 0. The maximum Gasteiger partial charge on any atom is 0.0991 e. The molecule has 0 amide bonds. The van der Waals surface area contributed by atoms with Gasteiger partial charge < -0.3 is 16.2 Å². The van der Waals surface area contributed by atoms with Crippen LogP contribution in [0.5, 0.6) is 0 Å². The highest BCUT2D eigenvalue weighted by atomic mass is 35.5. The van der Waals surface area contributed by atoms with Crippen LogP contribution in [0.1, 0.15) is 30.5 Å². The van der Waals surface area contributed by atoms with Gasteiger partial charge in [0, 0.05) is 18.1 Å². The molecule has 5 heteroatoms. The van der Waals surface area contributed by atoms with E-state index in [-0.39, 0.29) is 24.0 Å². The summed E-state index contributed by atoms with van der Waals surface area (Å²) in [5.74, 6) is 0. The van der Waals surface area contributed by atoms with Gasteiger partial charge in [-0.3, -0.25) is 0 Å². The zero-order valence-corrected chi connectivity index (χ0v) is 15.5. The molecule has 0 aliphatic heterocycles. The molecule has 0 spiro atoms. The lowest BCUT2D eigenvalue weighted by molar-refractivity contribution is 0.131. The lowest BCUT2D eigenvalue weighted by Gasteiger charge is -2.30. The van der Waals surface area contributed by atoms with Gasteiger partial charge in [0.1, 0.15) is 0 Å². The Bertz CT molecular complexity index is 698. The summed E-state index contributed by atoms with van der Waals surface area (Å²) in [6.07, 6.45) is -0.0164. The van der Waals surface area contributed by atoms with E-state index in [1.165, 1.54) is 0 Å². The lowest BCUT2D eigenvalue weighted by Crippen LogP contribution is -2.48. The standard InChI is InChI=1S/C20H25N3O.ClH/c1-20(2,17-10-6-9-16(11-17)13-21)23-14-19(24)18(22)12-15-7-4-3-5-8-15;/h3-11,18-19,23-24H,12,14,22H2,1-2H3;1H/t18-,19+;/m0./s1. The first-order valence-electron chi connectivity index (χ1n) is 8.15. The molecule has 0 aliphatic carbocycles. The first kappa shape index (κ1) is 21.1. The molecule has 4 N–H and O–H groups in total. The van der Waals surface area contributed by atoms with Crippen molar-refractivity contribution in [2.75, 3.05) is 6.54 Å². The Labute approximate surface area is 156 Å². The van der Waals surface area contributed by atoms with Gasteiger partial charge in [0.05, 0.1) is 17.7 Å². The van der Waals surface area contributed by atoms with E-state index in [1.807, 2.05) is 62.4 Å². The highest BCUT2D eigenvalue weighted by molar-refractivity contribution is 5.85. The first-order chi connectivity index (χ1) is 11.4. The van der Waals surface area contributed by atoms with Crippen LogP contribution in [0, 0.1) is 11.3 Å². The molecule has 4 nitrogen and oxygen atoms in total. The van der Waals surface area contributed by atoms with Gasteiger partial charge in [-0.25, -0.2) is 0 Å². The fraction of sp³-hybridized carbons (Fsp3) is 0.350. The second-order valence-corrected chi connectivity index (χ2v) is 6.62. The monoisotopic (exact) mass is 359 g/mol. The van der Waals surface area contributed by atoms with Crippen LogP contribution in [0.2, 0.25) is 0 Å². The molecule has 134 valence electrons. The van der Waals surface area contributed by atoms with Crippen molar-refractivity contribution in [1.29, 1.82) is 5.26 Å². The van der Waals surface area contributed by atoms with Crippen LogP contribution in [-0.2, 0) is 12.0 Å². The molecule has 0 saturated carbocycles. The quantitative estimate of drug-likeness (QED) is 0.710. The van der Waals surface area contributed by atoms with E-state index in [4.69, 9.17) is 11.0 Å². The summed E-state index contributed by atoms with van der Waals surface area (Å²) in [5, 5.41) is 22.7. The molecule has 0 bridgehead atoms. The zero-order valence-electron chi connectivity index (χ0n) is 14.6. The molecular formula is C20H26ClN3O. The van der Waals surface area contributed by atoms with Crippen LogP contribution >= 0.6 is 12.4 Å². The van der Waals surface area contributed by atoms with Gasteiger partial charge in [-0.15, -0.1) is 12.4 Å². The molecule has 0 aliphatic rings. The van der Waals surface area contributed by atoms with Crippen molar-refractivity contribution >= 4 is 12.4 Å². The molecule has 0 saturated heterocycles. The van der Waals surface area contributed by atoms with Crippen molar-refractivity contribution in [3.8, 4) is 6.07 Å². The minimum absolute atomic E-state index is 0. The smallest absolute Gasteiger partial charge is 0.0991 e. The fourth-order valence-corrected chi connectivity index (χ4v) is 2.61. The Morgan fingerprint density at radius 1 is 1.16 bits per heavy atom. The number of benzene rings is 2. The van der Waals surface area contributed by atoms with Gasteiger partial charge in [-0.05, 0) is 43.5 Å². The summed E-state index contributed by atoms with van der Waals surface area (Å²) in [7, 11) is 0. The molecule has 0 heterocycles. The van der Waals surface area contributed by atoms with Crippen molar-refractivity contribution < 1.29 is 5.11 Å². The highest BCUT2D eigenvalue weighted by Gasteiger charge is 2.23. The van der Waals surface area contributed by atoms with E-state index in [0.717, 1.165) is 11.1 Å². The van der Waals surface area contributed by atoms with E-state index < -0.39 is 6.10 Å². The number of halogens is 1. The summed E-state index contributed by atoms with van der Waals surface area (Å²) < 4.78 is 0. The number of aliphatic hydroxyl groups excluding tert-OH is 1. The number of hydrogen-bond acceptors (Lipinski definition) is 4. The van der Waals surface area contributed by atoms with Crippen molar-refractivity contribution in [3.05, 3.63) is 71.3 Å². The Hall–Kier alpha value is -1.90. The third kappa shape index (κ3) is 6.15. The summed E-state index contributed by atoms with van der Waals surface area (Å²) in [6, 6.07) is 19.2. The van der Waals surface area contributed by atoms with Crippen molar-refractivity contribution in [2.24, 2.45) is 5.73 Å². The largest absolute Gasteiger partial charge is 0.390 e. The number of nitrogens with two attached hydrogens (primary N) is 1. The number of hydrogen-bond donors (Lipinski definition) is 3. The van der Waals surface area contributed by atoms with Crippen LogP contribution in [-0.4, -0.2) is 23.8 Å². The van der Waals surface area contributed by atoms with E-state index in [0.29, 0.717) is 18.5 Å². The Morgan fingerprint density at radius 3 is 2.48 bits per heavy atom. The van der Waals surface area contributed by atoms with Gasteiger partial charge in [0.2, 0.25) is 0 Å². The second kappa shape index (κ2) is 9.55. The number of rotatable bonds is 7. The number of nitrogens with one attached hydrogen (secondary N) is 1. The van der Waals surface area contributed by atoms with Crippen LogP contribution in [0.15, 0.2) is 54.6 Å². The van der Waals surface area contributed by atoms with Crippen LogP contribution < -0.4 is 11.1 Å². The molecule has 0 aromatic heterocycles. The van der Waals surface area contributed by atoms with Crippen LogP contribution in [0.3, 0.4) is 0 Å². The SMILES string of the molecule is CC(C)(NC[C@@H](O)[C@@H](N)Cc1ccccc1)c1cccc(C#N)c1.Cl. The topological polar surface area (TPSA) is 82.1 Å². The average molecular weight is 360 g/mol. The maximum absolute atomic E-state index is 10.4. The van der Waals surface area contributed by atoms with Crippen molar-refractivity contribution in [2.45, 2.75) is 38.0 Å². The van der Waals surface area contributed by atoms with Gasteiger partial charge >= 0.3 is 0 Å². The third-order valence-corrected chi connectivity index (χ3v) is 4.27. The van der Waals surface area contributed by atoms with E-state index >= 15 is 0 Å². The molecule has 2 aromatic rings. The first-order valence-corrected chi connectivity index (χ1v) is 8.15. The van der Waals surface area contributed by atoms with Gasteiger partial charge in [-0.2, -0.15) is 5.26 Å². The number of nitriles is 1. The van der Waals surface area contributed by atoms with Crippen LogP contribution in [0.25, 0.3) is 0 Å². The predicted octanol–water partition coefficient (Wildman–Crippen LogP) is 2.74. The molecule has 0 radical (unpaired) electrons. The van der Waals surface area contributed by atoms with E-state index in [2.05, 4.69) is 11.4 Å². The highest BCUT2D eigenvalue weighted by Crippen LogP contribution is 2.21. The van der Waals surface area contributed by atoms with E-state index in [9.17, 15) is 5.11 Å². The van der Waals surface area contributed by atoms with Gasteiger partial charge in [0.25, 0.3) is 0 Å². The Balaban J connectivity index is 0.00000312.